The molecular weight excluding hydrogens is 368 g/mol. The number of anilines is 2. The highest BCUT2D eigenvalue weighted by Gasteiger charge is 2.53. The van der Waals surface area contributed by atoms with Crippen LogP contribution in [0.4, 0.5) is 11.4 Å². The minimum Gasteiger partial charge on any atom is -0.329 e. The van der Waals surface area contributed by atoms with E-state index in [4.69, 9.17) is 0 Å². The van der Waals surface area contributed by atoms with Crippen molar-refractivity contribution in [1.82, 2.24) is 10.3 Å². The number of aromatic nitrogens is 1. The quantitative estimate of drug-likeness (QED) is 0.640. The molecular formula is C22H26N4O3. The number of aromatic amines is 1. The van der Waals surface area contributed by atoms with E-state index in [2.05, 4.69) is 53.8 Å². The van der Waals surface area contributed by atoms with Crippen molar-refractivity contribution in [3.63, 3.8) is 0 Å². The Labute approximate surface area is 169 Å². The van der Waals surface area contributed by atoms with Crippen LogP contribution in [0.15, 0.2) is 41.3 Å². The fraction of sp³-hybridized carbons (Fsp3) is 0.409. The van der Waals surface area contributed by atoms with Crippen LogP contribution in [0.25, 0.3) is 0 Å². The standard InChI is InChI=1S/C22H26N4O3/c1-21(2,3)10-13-4-5-16-15(8-13)22(20(29)26-16)11-17(24-12-22)19(28)25-14-6-7-23-18(27)9-14/h4-9,17,24H,10-12H2,1-3H3,(H,26,29)(H2,23,25,27,28). The van der Waals surface area contributed by atoms with Crippen LogP contribution in [0.2, 0.25) is 0 Å². The van der Waals surface area contributed by atoms with Gasteiger partial charge in [-0.1, -0.05) is 32.9 Å². The number of H-pyrrole nitrogens is 1. The molecule has 0 radical (unpaired) electrons. The van der Waals surface area contributed by atoms with Crippen molar-refractivity contribution < 1.29 is 9.59 Å². The van der Waals surface area contributed by atoms with E-state index >= 15 is 0 Å². The average molecular weight is 394 g/mol. The molecule has 1 aromatic carbocycles. The van der Waals surface area contributed by atoms with Gasteiger partial charge in [-0.3, -0.25) is 14.4 Å². The van der Waals surface area contributed by atoms with Gasteiger partial charge in [-0.25, -0.2) is 0 Å². The largest absolute Gasteiger partial charge is 0.329 e. The molecule has 1 saturated heterocycles. The topological polar surface area (TPSA) is 103 Å². The first-order chi connectivity index (χ1) is 13.7. The van der Waals surface area contributed by atoms with Crippen molar-refractivity contribution in [3.05, 3.63) is 58.0 Å². The highest BCUT2D eigenvalue weighted by atomic mass is 16.2. The van der Waals surface area contributed by atoms with E-state index < -0.39 is 11.5 Å². The molecule has 7 nitrogen and oxygen atoms in total. The van der Waals surface area contributed by atoms with Crippen LogP contribution >= 0.6 is 0 Å². The molecule has 2 atom stereocenters. The Hall–Kier alpha value is -2.93. The van der Waals surface area contributed by atoms with Gasteiger partial charge in [0.15, 0.2) is 0 Å². The number of pyridine rings is 1. The van der Waals surface area contributed by atoms with Crippen molar-refractivity contribution in [2.45, 2.75) is 45.1 Å². The molecule has 0 aliphatic carbocycles. The lowest BCUT2D eigenvalue weighted by Crippen LogP contribution is -2.36. The maximum absolute atomic E-state index is 12.9. The summed E-state index contributed by atoms with van der Waals surface area (Å²) in [7, 11) is 0. The van der Waals surface area contributed by atoms with E-state index in [1.807, 2.05) is 6.07 Å². The molecule has 1 fully saturated rings. The fourth-order valence-electron chi connectivity index (χ4n) is 4.29. The second-order valence-electron chi connectivity index (χ2n) is 9.22. The number of benzene rings is 1. The molecule has 2 aliphatic rings. The van der Waals surface area contributed by atoms with Crippen LogP contribution in [-0.4, -0.2) is 29.4 Å². The number of rotatable bonds is 3. The molecule has 0 saturated carbocycles. The summed E-state index contributed by atoms with van der Waals surface area (Å²) in [5, 5.41) is 8.94. The Morgan fingerprint density at radius 3 is 2.72 bits per heavy atom. The second-order valence-corrected chi connectivity index (χ2v) is 9.22. The Kier molecular flexibility index (Phi) is 4.58. The maximum Gasteiger partial charge on any atom is 0.249 e. The van der Waals surface area contributed by atoms with Crippen molar-refractivity contribution in [3.8, 4) is 0 Å². The Morgan fingerprint density at radius 1 is 1.21 bits per heavy atom. The zero-order valence-corrected chi connectivity index (χ0v) is 16.9. The summed E-state index contributed by atoms with van der Waals surface area (Å²) < 4.78 is 0. The molecule has 3 heterocycles. The van der Waals surface area contributed by atoms with E-state index in [-0.39, 0.29) is 22.8 Å². The summed E-state index contributed by atoms with van der Waals surface area (Å²) >= 11 is 0. The van der Waals surface area contributed by atoms with Crippen molar-refractivity contribution in [1.29, 1.82) is 0 Å². The molecule has 4 N–H and O–H groups in total. The molecule has 2 amide bonds. The molecule has 1 aromatic heterocycles. The van der Waals surface area contributed by atoms with Crippen molar-refractivity contribution in [2.75, 3.05) is 17.2 Å². The lowest BCUT2D eigenvalue weighted by Gasteiger charge is -2.23. The molecule has 7 heteroatoms. The zero-order chi connectivity index (χ0) is 20.8. The number of carbonyl (C=O) groups excluding carboxylic acids is 2. The summed E-state index contributed by atoms with van der Waals surface area (Å²) in [6, 6.07) is 8.57. The van der Waals surface area contributed by atoms with Crippen molar-refractivity contribution in [2.24, 2.45) is 5.41 Å². The third-order valence-corrected chi connectivity index (χ3v) is 5.58. The smallest absolute Gasteiger partial charge is 0.249 e. The predicted octanol–water partition coefficient (Wildman–Crippen LogP) is 2.15. The Balaban J connectivity index is 1.57. The van der Waals surface area contributed by atoms with E-state index in [1.165, 1.54) is 17.8 Å². The summed E-state index contributed by atoms with van der Waals surface area (Å²) in [5.74, 6) is -0.320. The predicted molar refractivity (Wildman–Crippen MR) is 112 cm³/mol. The molecule has 152 valence electrons. The van der Waals surface area contributed by atoms with Crippen LogP contribution in [0.3, 0.4) is 0 Å². The lowest BCUT2D eigenvalue weighted by atomic mass is 9.78. The normalized spacial score (nSPS) is 23.1. The first-order valence-corrected chi connectivity index (χ1v) is 9.84. The highest BCUT2D eigenvalue weighted by molar-refractivity contribution is 6.08. The third-order valence-electron chi connectivity index (χ3n) is 5.58. The van der Waals surface area contributed by atoms with Gasteiger partial charge in [0.25, 0.3) is 0 Å². The molecule has 4 rings (SSSR count). The number of carbonyl (C=O) groups is 2. The van der Waals surface area contributed by atoms with Gasteiger partial charge in [-0.05, 0) is 41.5 Å². The van der Waals surface area contributed by atoms with Gasteiger partial charge in [0.05, 0.1) is 11.5 Å². The first kappa shape index (κ1) is 19.4. The first-order valence-electron chi connectivity index (χ1n) is 9.84. The van der Waals surface area contributed by atoms with E-state index in [0.717, 1.165) is 17.7 Å². The lowest BCUT2D eigenvalue weighted by molar-refractivity contribution is -0.120. The Morgan fingerprint density at radius 2 is 2.00 bits per heavy atom. The van der Waals surface area contributed by atoms with Crippen LogP contribution in [-0.2, 0) is 21.4 Å². The molecule has 2 unspecified atom stereocenters. The van der Waals surface area contributed by atoms with E-state index in [9.17, 15) is 14.4 Å². The number of nitrogens with one attached hydrogen (secondary N) is 4. The second kappa shape index (κ2) is 6.84. The van der Waals surface area contributed by atoms with Gasteiger partial charge >= 0.3 is 0 Å². The van der Waals surface area contributed by atoms with Crippen molar-refractivity contribution >= 4 is 23.2 Å². The summed E-state index contributed by atoms with van der Waals surface area (Å²) in [4.78, 5) is 39.6. The van der Waals surface area contributed by atoms with E-state index in [0.29, 0.717) is 18.7 Å². The van der Waals surface area contributed by atoms with Crippen LogP contribution in [0.1, 0.15) is 38.3 Å². The highest BCUT2D eigenvalue weighted by Crippen LogP contribution is 2.44. The van der Waals surface area contributed by atoms with Crippen LogP contribution in [0.5, 0.6) is 0 Å². The van der Waals surface area contributed by atoms with Gasteiger partial charge in [0.1, 0.15) is 0 Å². The molecule has 2 aromatic rings. The molecule has 0 bridgehead atoms. The van der Waals surface area contributed by atoms with Gasteiger partial charge in [-0.2, -0.15) is 0 Å². The van der Waals surface area contributed by atoms with Gasteiger partial charge in [0, 0.05) is 30.2 Å². The molecule has 1 spiro atoms. The summed E-state index contributed by atoms with van der Waals surface area (Å²) in [5.41, 5.74) is 2.51. The monoisotopic (exact) mass is 394 g/mol. The third kappa shape index (κ3) is 3.70. The van der Waals surface area contributed by atoms with Crippen LogP contribution in [0, 0.1) is 5.41 Å². The fourth-order valence-corrected chi connectivity index (χ4v) is 4.29. The summed E-state index contributed by atoms with van der Waals surface area (Å²) in [6.45, 7) is 6.96. The van der Waals surface area contributed by atoms with Gasteiger partial charge in [0.2, 0.25) is 17.4 Å². The minimum absolute atomic E-state index is 0.0700. The minimum atomic E-state index is -0.751. The van der Waals surface area contributed by atoms with Crippen LogP contribution < -0.4 is 21.5 Å². The summed E-state index contributed by atoms with van der Waals surface area (Å²) in [6.07, 6.45) is 2.77. The number of hydrogen-bond acceptors (Lipinski definition) is 4. The molecule has 29 heavy (non-hydrogen) atoms. The number of hydrogen-bond donors (Lipinski definition) is 4. The van der Waals surface area contributed by atoms with Gasteiger partial charge < -0.3 is 20.9 Å². The maximum atomic E-state index is 12.9. The number of fused-ring (bicyclic) bond motifs is 2. The number of amides is 2. The van der Waals surface area contributed by atoms with E-state index in [1.54, 1.807) is 6.07 Å². The average Bonchev–Trinajstić information content (AvgIpc) is 3.18. The zero-order valence-electron chi connectivity index (χ0n) is 16.9. The van der Waals surface area contributed by atoms with Gasteiger partial charge in [-0.15, -0.1) is 0 Å². The Bertz CT molecular complexity index is 1040. The SMILES string of the molecule is CC(C)(C)Cc1ccc2c(c1)C1(CNC(C(=O)Nc3cc[nH]c(=O)c3)C1)C(=O)N2. The molecule has 2 aliphatic heterocycles.